The van der Waals surface area contributed by atoms with Gasteiger partial charge in [0.1, 0.15) is 18.4 Å². The third-order valence-electron chi connectivity index (χ3n) is 8.74. The maximum atomic E-state index is 13.9. The van der Waals surface area contributed by atoms with Gasteiger partial charge in [0.15, 0.2) is 0 Å². The topological polar surface area (TPSA) is 72.7 Å². The summed E-state index contributed by atoms with van der Waals surface area (Å²) in [6.45, 7) is 7.06. The summed E-state index contributed by atoms with van der Waals surface area (Å²) in [7, 11) is 2.10. The molecule has 4 aromatic rings. The third-order valence-corrected chi connectivity index (χ3v) is 8.74. The standard InChI is InChI=1S/C36H37N5O2/c1-26-31(9-6-10-34(26)29-7-4-3-5-8-29)25-43-33-12-11-30-19-35(36(42)40-15-13-39(2)14-16-40)41(24-32(30)18-33)23-28-17-27(20-37)21-38-22-28/h3-12,17-18,21-22,35H,13-16,19,23-25H2,1-2H3/t35-/m0/s1. The van der Waals surface area contributed by atoms with Gasteiger partial charge in [0.25, 0.3) is 0 Å². The van der Waals surface area contributed by atoms with Crippen LogP contribution in [0, 0.1) is 18.3 Å². The third kappa shape index (κ3) is 6.46. The van der Waals surface area contributed by atoms with Crippen molar-refractivity contribution in [3.8, 4) is 22.9 Å². The van der Waals surface area contributed by atoms with E-state index in [-0.39, 0.29) is 11.9 Å². The number of benzene rings is 3. The fourth-order valence-electron chi connectivity index (χ4n) is 6.15. The van der Waals surface area contributed by atoms with Crippen LogP contribution in [0.3, 0.4) is 0 Å². The summed E-state index contributed by atoms with van der Waals surface area (Å²) in [5, 5.41) is 9.40. The van der Waals surface area contributed by atoms with Crippen molar-refractivity contribution in [2.45, 2.75) is 39.1 Å². The van der Waals surface area contributed by atoms with Crippen LogP contribution in [0.4, 0.5) is 0 Å². The lowest BCUT2D eigenvalue weighted by molar-refractivity contribution is -0.139. The lowest BCUT2D eigenvalue weighted by Crippen LogP contribution is -2.55. The van der Waals surface area contributed by atoms with Gasteiger partial charge in [-0.1, -0.05) is 54.6 Å². The Balaban J connectivity index is 1.22. The fourth-order valence-corrected chi connectivity index (χ4v) is 6.15. The van der Waals surface area contributed by atoms with E-state index in [0.29, 0.717) is 31.7 Å². The van der Waals surface area contributed by atoms with Gasteiger partial charge >= 0.3 is 0 Å². The van der Waals surface area contributed by atoms with Gasteiger partial charge in [-0.3, -0.25) is 14.7 Å². The maximum Gasteiger partial charge on any atom is 0.240 e. The molecule has 0 radical (unpaired) electrons. The molecule has 2 aliphatic heterocycles. The average Bonchev–Trinajstić information content (AvgIpc) is 3.04. The molecule has 43 heavy (non-hydrogen) atoms. The van der Waals surface area contributed by atoms with E-state index >= 15 is 0 Å². The van der Waals surface area contributed by atoms with Crippen LogP contribution in [-0.4, -0.2) is 64.9 Å². The average molecular weight is 572 g/mol. The van der Waals surface area contributed by atoms with Gasteiger partial charge < -0.3 is 14.5 Å². The largest absolute Gasteiger partial charge is 0.489 e. The number of aromatic nitrogens is 1. The number of carbonyl (C=O) groups excluding carboxylic acids is 1. The minimum absolute atomic E-state index is 0.178. The highest BCUT2D eigenvalue weighted by Crippen LogP contribution is 2.31. The van der Waals surface area contributed by atoms with Crippen LogP contribution < -0.4 is 4.74 Å². The van der Waals surface area contributed by atoms with Gasteiger partial charge in [-0.15, -0.1) is 0 Å². The molecule has 2 aliphatic rings. The Morgan fingerprint density at radius 3 is 2.58 bits per heavy atom. The molecule has 1 atom stereocenters. The van der Waals surface area contributed by atoms with Crippen LogP contribution in [-0.2, 0) is 30.9 Å². The lowest BCUT2D eigenvalue weighted by atomic mass is 9.92. The molecule has 0 spiro atoms. The van der Waals surface area contributed by atoms with Crippen molar-refractivity contribution in [1.82, 2.24) is 19.7 Å². The highest BCUT2D eigenvalue weighted by molar-refractivity contribution is 5.83. The Kier molecular flexibility index (Phi) is 8.50. The Labute approximate surface area is 254 Å². The number of piperazine rings is 1. The summed E-state index contributed by atoms with van der Waals surface area (Å²) in [4.78, 5) is 24.6. The molecule has 6 rings (SSSR count). The Morgan fingerprint density at radius 1 is 0.977 bits per heavy atom. The summed E-state index contributed by atoms with van der Waals surface area (Å²) in [5.74, 6) is 0.998. The van der Waals surface area contributed by atoms with Crippen molar-refractivity contribution in [3.05, 3.63) is 119 Å². The van der Waals surface area contributed by atoms with Gasteiger partial charge in [-0.2, -0.15) is 5.26 Å². The molecule has 0 aliphatic carbocycles. The number of amides is 1. The zero-order valence-electron chi connectivity index (χ0n) is 24.9. The van der Waals surface area contributed by atoms with Crippen molar-refractivity contribution in [1.29, 1.82) is 5.26 Å². The first-order valence-corrected chi connectivity index (χ1v) is 14.9. The fraction of sp³-hybridized carbons (Fsp3) is 0.306. The SMILES string of the molecule is Cc1c(COc2ccc3c(c2)CN(Cc2cncc(C#N)c2)[C@H](C(=O)N2CCN(C)CC2)C3)cccc1-c1ccccc1. The first-order chi connectivity index (χ1) is 21.0. The van der Waals surface area contributed by atoms with E-state index in [1.807, 2.05) is 23.1 Å². The molecule has 3 heterocycles. The van der Waals surface area contributed by atoms with E-state index in [2.05, 4.69) is 89.4 Å². The summed E-state index contributed by atoms with van der Waals surface area (Å²) < 4.78 is 6.35. The van der Waals surface area contributed by atoms with Crippen LogP contribution in [0.25, 0.3) is 11.1 Å². The van der Waals surface area contributed by atoms with E-state index in [1.165, 1.54) is 27.8 Å². The first-order valence-electron chi connectivity index (χ1n) is 14.9. The van der Waals surface area contributed by atoms with Crippen molar-refractivity contribution in [3.63, 3.8) is 0 Å². The van der Waals surface area contributed by atoms with E-state index < -0.39 is 0 Å². The van der Waals surface area contributed by atoms with Gasteiger partial charge in [0.05, 0.1) is 11.6 Å². The highest BCUT2D eigenvalue weighted by atomic mass is 16.5. The number of hydrogen-bond donors (Lipinski definition) is 0. The first kappa shape index (κ1) is 28.6. The molecule has 0 saturated carbocycles. The van der Waals surface area contributed by atoms with E-state index in [0.717, 1.165) is 43.1 Å². The molecule has 218 valence electrons. The Hall–Kier alpha value is -4.51. The number of likely N-dealkylation sites (N-methyl/N-ethyl adjacent to an activating group) is 1. The molecule has 7 nitrogen and oxygen atoms in total. The number of hydrogen-bond acceptors (Lipinski definition) is 6. The molecule has 0 unspecified atom stereocenters. The summed E-state index contributed by atoms with van der Waals surface area (Å²) >= 11 is 0. The molecule has 1 aromatic heterocycles. The molecular weight excluding hydrogens is 534 g/mol. The normalized spacial score (nSPS) is 17.2. The smallest absolute Gasteiger partial charge is 0.240 e. The van der Waals surface area contributed by atoms with Gasteiger partial charge in [-0.25, -0.2) is 0 Å². The minimum Gasteiger partial charge on any atom is -0.489 e. The van der Waals surface area contributed by atoms with Crippen molar-refractivity contribution < 1.29 is 9.53 Å². The van der Waals surface area contributed by atoms with Crippen LogP contribution in [0.5, 0.6) is 5.75 Å². The number of ether oxygens (including phenoxy) is 1. The number of fused-ring (bicyclic) bond motifs is 1. The van der Waals surface area contributed by atoms with Crippen LogP contribution >= 0.6 is 0 Å². The second-order valence-electron chi connectivity index (χ2n) is 11.6. The highest BCUT2D eigenvalue weighted by Gasteiger charge is 2.35. The molecule has 0 bridgehead atoms. The van der Waals surface area contributed by atoms with E-state index in [9.17, 15) is 10.1 Å². The lowest BCUT2D eigenvalue weighted by Gasteiger charge is -2.41. The van der Waals surface area contributed by atoms with Crippen LogP contribution in [0.15, 0.2) is 85.2 Å². The maximum absolute atomic E-state index is 13.9. The predicted octanol–water partition coefficient (Wildman–Crippen LogP) is 5.21. The monoisotopic (exact) mass is 571 g/mol. The number of rotatable bonds is 7. The predicted molar refractivity (Wildman–Crippen MR) is 167 cm³/mol. The number of pyridine rings is 1. The minimum atomic E-state index is -0.267. The molecular formula is C36H37N5O2. The van der Waals surface area contributed by atoms with Crippen LogP contribution in [0.1, 0.15) is 33.4 Å². The van der Waals surface area contributed by atoms with E-state index in [1.54, 1.807) is 12.4 Å². The quantitative estimate of drug-likeness (QED) is 0.303. The van der Waals surface area contributed by atoms with Crippen molar-refractivity contribution in [2.75, 3.05) is 33.2 Å². The Morgan fingerprint density at radius 2 is 1.79 bits per heavy atom. The zero-order chi connectivity index (χ0) is 29.8. The molecule has 1 saturated heterocycles. The summed E-state index contributed by atoms with van der Waals surface area (Å²) in [6.07, 6.45) is 4.01. The summed E-state index contributed by atoms with van der Waals surface area (Å²) in [6, 6.07) is 26.9. The number of nitriles is 1. The summed E-state index contributed by atoms with van der Waals surface area (Å²) in [5.41, 5.74) is 8.60. The van der Waals surface area contributed by atoms with Crippen LogP contribution in [0.2, 0.25) is 0 Å². The second-order valence-corrected chi connectivity index (χ2v) is 11.6. The van der Waals surface area contributed by atoms with Crippen molar-refractivity contribution >= 4 is 5.91 Å². The zero-order valence-corrected chi connectivity index (χ0v) is 24.9. The number of carbonyl (C=O) groups is 1. The van der Waals surface area contributed by atoms with Crippen molar-refractivity contribution in [2.24, 2.45) is 0 Å². The second kappa shape index (κ2) is 12.8. The molecule has 3 aromatic carbocycles. The Bertz CT molecular complexity index is 1640. The van der Waals surface area contributed by atoms with E-state index in [4.69, 9.17) is 4.74 Å². The molecule has 7 heteroatoms. The number of nitrogens with zero attached hydrogens (tertiary/aromatic N) is 5. The molecule has 1 fully saturated rings. The van der Waals surface area contributed by atoms with Gasteiger partial charge in [0.2, 0.25) is 5.91 Å². The molecule has 1 amide bonds. The van der Waals surface area contributed by atoms with Gasteiger partial charge in [0, 0.05) is 51.7 Å². The molecule has 0 N–H and O–H groups in total. The van der Waals surface area contributed by atoms with Gasteiger partial charge in [-0.05, 0) is 77.5 Å².